The quantitative estimate of drug-likeness (QED) is 0.536. The first-order chi connectivity index (χ1) is 8.55. The van der Waals surface area contributed by atoms with Gasteiger partial charge in [0.1, 0.15) is 4.90 Å². The molecular weight excluding hydrogens is 302 g/mol. The SMILES string of the molecule is O=C1C(=O)N(S(=O)(=O)O)c2cccc(S(=O)(=O)O)c21. The molecule has 0 fully saturated rings. The van der Waals surface area contributed by atoms with Gasteiger partial charge in [0.2, 0.25) is 0 Å². The molecule has 2 N–H and O–H groups in total. The lowest BCUT2D eigenvalue weighted by Crippen LogP contribution is -2.35. The molecule has 1 aliphatic heterocycles. The topological polar surface area (TPSA) is 146 Å². The van der Waals surface area contributed by atoms with E-state index in [2.05, 4.69) is 0 Å². The highest BCUT2D eigenvalue weighted by molar-refractivity contribution is 7.88. The average Bonchev–Trinajstić information content (AvgIpc) is 2.49. The minimum Gasteiger partial charge on any atom is -0.283 e. The number of carbonyl (C=O) groups is 2. The summed E-state index contributed by atoms with van der Waals surface area (Å²) in [5, 5.41) is 0. The number of amides is 1. The highest BCUT2D eigenvalue weighted by atomic mass is 32.2. The number of hydrogen-bond donors (Lipinski definition) is 2. The Balaban J connectivity index is 2.88. The fourth-order valence-corrected chi connectivity index (χ4v) is 3.07. The Morgan fingerprint density at radius 3 is 2.05 bits per heavy atom. The molecule has 1 heterocycles. The number of rotatable bonds is 2. The Labute approximate surface area is 107 Å². The molecule has 19 heavy (non-hydrogen) atoms. The summed E-state index contributed by atoms with van der Waals surface area (Å²) in [6.45, 7) is 0. The van der Waals surface area contributed by atoms with Crippen LogP contribution in [0, 0.1) is 0 Å². The van der Waals surface area contributed by atoms with Crippen molar-refractivity contribution in [2.24, 2.45) is 0 Å². The Hall–Kier alpha value is -1.82. The maximum atomic E-state index is 11.6. The first kappa shape index (κ1) is 13.6. The van der Waals surface area contributed by atoms with Gasteiger partial charge in [-0.3, -0.25) is 18.7 Å². The average molecular weight is 307 g/mol. The van der Waals surface area contributed by atoms with Gasteiger partial charge < -0.3 is 0 Å². The molecule has 9 nitrogen and oxygen atoms in total. The molecule has 0 radical (unpaired) electrons. The van der Waals surface area contributed by atoms with Crippen LogP contribution in [0.2, 0.25) is 0 Å². The fourth-order valence-electron chi connectivity index (χ4n) is 1.67. The standard InChI is InChI=1S/C8H5NO8S2/c10-7-6-4(9(8(7)11)19(15,16)17)2-1-3-5(6)18(12,13)14/h1-3H,(H,12,13,14)(H,15,16,17). The second-order valence-corrected chi connectivity index (χ2v) is 6.15. The third-order valence-electron chi connectivity index (χ3n) is 2.34. The van der Waals surface area contributed by atoms with Gasteiger partial charge in [-0.2, -0.15) is 21.1 Å². The van der Waals surface area contributed by atoms with Crippen molar-refractivity contribution in [2.75, 3.05) is 4.31 Å². The van der Waals surface area contributed by atoms with Crippen molar-refractivity contribution in [1.82, 2.24) is 0 Å². The molecule has 11 heteroatoms. The van der Waals surface area contributed by atoms with Gasteiger partial charge in [-0.1, -0.05) is 6.07 Å². The number of nitrogens with zero attached hydrogens (tertiary/aromatic N) is 1. The van der Waals surface area contributed by atoms with Crippen molar-refractivity contribution in [3.05, 3.63) is 23.8 Å². The zero-order valence-electron chi connectivity index (χ0n) is 8.84. The summed E-state index contributed by atoms with van der Waals surface area (Å²) in [6.07, 6.45) is 0. The second kappa shape index (κ2) is 3.84. The van der Waals surface area contributed by atoms with E-state index in [9.17, 15) is 26.4 Å². The molecule has 0 saturated heterocycles. The van der Waals surface area contributed by atoms with E-state index in [-0.39, 0.29) is 4.31 Å². The lowest BCUT2D eigenvalue weighted by atomic mass is 10.1. The largest absolute Gasteiger partial charge is 0.367 e. The molecule has 2 rings (SSSR count). The molecular formula is C8H5NO8S2. The van der Waals surface area contributed by atoms with E-state index in [1.807, 2.05) is 0 Å². The summed E-state index contributed by atoms with van der Waals surface area (Å²) < 4.78 is 61.7. The number of anilines is 1. The maximum Gasteiger partial charge on any atom is 0.367 e. The van der Waals surface area contributed by atoms with Gasteiger partial charge >= 0.3 is 16.2 Å². The summed E-state index contributed by atoms with van der Waals surface area (Å²) in [6, 6.07) is 2.78. The molecule has 0 aliphatic carbocycles. The van der Waals surface area contributed by atoms with Crippen LogP contribution in [0.15, 0.2) is 23.1 Å². The number of Topliss-reactive ketones (excluding diaryl/α,β-unsaturated/α-hetero) is 1. The molecule has 102 valence electrons. The molecule has 1 amide bonds. The molecule has 0 unspecified atom stereocenters. The number of fused-ring (bicyclic) bond motifs is 1. The minimum atomic E-state index is -5.07. The van der Waals surface area contributed by atoms with E-state index in [0.29, 0.717) is 0 Å². The lowest BCUT2D eigenvalue weighted by molar-refractivity contribution is -0.113. The molecule has 1 aromatic rings. The van der Waals surface area contributed by atoms with E-state index < -0.39 is 48.3 Å². The van der Waals surface area contributed by atoms with Gasteiger partial charge in [-0.15, -0.1) is 0 Å². The molecule has 0 saturated carbocycles. The zero-order chi connectivity index (χ0) is 14.6. The van der Waals surface area contributed by atoms with Crippen molar-refractivity contribution in [2.45, 2.75) is 4.90 Å². The number of benzene rings is 1. The first-order valence-electron chi connectivity index (χ1n) is 4.52. The Morgan fingerprint density at radius 1 is 1.00 bits per heavy atom. The molecule has 1 aliphatic rings. The van der Waals surface area contributed by atoms with E-state index in [1.54, 1.807) is 0 Å². The fraction of sp³-hybridized carbons (Fsp3) is 0. The van der Waals surface area contributed by atoms with Crippen LogP contribution in [0.3, 0.4) is 0 Å². The molecule has 0 spiro atoms. The van der Waals surface area contributed by atoms with Gasteiger partial charge in [-0.05, 0) is 12.1 Å². The van der Waals surface area contributed by atoms with Crippen LogP contribution >= 0.6 is 0 Å². The van der Waals surface area contributed by atoms with Gasteiger partial charge in [0.25, 0.3) is 15.9 Å². The van der Waals surface area contributed by atoms with Crippen molar-refractivity contribution in [3.8, 4) is 0 Å². The molecule has 1 aromatic carbocycles. The van der Waals surface area contributed by atoms with Crippen molar-refractivity contribution < 1.29 is 35.5 Å². The van der Waals surface area contributed by atoms with Crippen LogP contribution in [0.1, 0.15) is 10.4 Å². The zero-order valence-corrected chi connectivity index (χ0v) is 10.5. The Bertz CT molecular complexity index is 807. The van der Waals surface area contributed by atoms with Crippen LogP contribution in [-0.4, -0.2) is 37.6 Å². The van der Waals surface area contributed by atoms with Crippen LogP contribution in [0.4, 0.5) is 5.69 Å². The van der Waals surface area contributed by atoms with Crippen molar-refractivity contribution in [1.29, 1.82) is 0 Å². The van der Waals surface area contributed by atoms with E-state index >= 15 is 0 Å². The maximum absolute atomic E-state index is 11.6. The summed E-state index contributed by atoms with van der Waals surface area (Å²) in [5.74, 6) is -3.09. The van der Waals surface area contributed by atoms with Crippen molar-refractivity contribution in [3.63, 3.8) is 0 Å². The highest BCUT2D eigenvalue weighted by Gasteiger charge is 2.45. The Morgan fingerprint density at radius 2 is 1.58 bits per heavy atom. The summed E-state index contributed by atoms with van der Waals surface area (Å²) in [7, 11) is -9.90. The summed E-state index contributed by atoms with van der Waals surface area (Å²) in [4.78, 5) is 22.1. The second-order valence-electron chi connectivity index (χ2n) is 3.50. The van der Waals surface area contributed by atoms with E-state index in [1.165, 1.54) is 0 Å². The third-order valence-corrected chi connectivity index (χ3v) is 4.06. The first-order valence-corrected chi connectivity index (χ1v) is 7.36. The third kappa shape index (κ3) is 2.02. The van der Waals surface area contributed by atoms with E-state index in [0.717, 1.165) is 18.2 Å². The van der Waals surface area contributed by atoms with Gasteiger partial charge in [0, 0.05) is 0 Å². The van der Waals surface area contributed by atoms with Crippen LogP contribution in [0.5, 0.6) is 0 Å². The van der Waals surface area contributed by atoms with E-state index in [4.69, 9.17) is 9.11 Å². The normalized spacial score (nSPS) is 15.8. The lowest BCUT2D eigenvalue weighted by Gasteiger charge is -2.11. The highest BCUT2D eigenvalue weighted by Crippen LogP contribution is 2.34. The minimum absolute atomic E-state index is 0.237. The predicted octanol–water partition coefficient (Wildman–Crippen LogP) is -0.735. The summed E-state index contributed by atoms with van der Waals surface area (Å²) >= 11 is 0. The molecule has 0 bridgehead atoms. The number of ketones is 1. The predicted molar refractivity (Wildman–Crippen MR) is 59.6 cm³/mol. The van der Waals surface area contributed by atoms with Crippen LogP contribution < -0.4 is 4.31 Å². The molecule has 0 atom stereocenters. The van der Waals surface area contributed by atoms with Gasteiger partial charge in [-0.25, -0.2) is 0 Å². The van der Waals surface area contributed by atoms with Crippen molar-refractivity contribution >= 4 is 37.8 Å². The molecule has 0 aromatic heterocycles. The number of carbonyl (C=O) groups excluding carboxylic acids is 2. The van der Waals surface area contributed by atoms with Gasteiger partial charge in [0.05, 0.1) is 11.3 Å². The van der Waals surface area contributed by atoms with Gasteiger partial charge in [0.15, 0.2) is 0 Å². The smallest absolute Gasteiger partial charge is 0.283 e. The number of hydrogen-bond acceptors (Lipinski definition) is 6. The summed E-state index contributed by atoms with van der Waals surface area (Å²) in [5.41, 5.74) is -1.43. The Kier molecular flexibility index (Phi) is 2.75. The van der Waals surface area contributed by atoms with Crippen LogP contribution in [-0.2, 0) is 25.2 Å². The monoisotopic (exact) mass is 307 g/mol. The van der Waals surface area contributed by atoms with Crippen LogP contribution in [0.25, 0.3) is 0 Å².